The maximum atomic E-state index is 12.6. The molecule has 7 heteroatoms. The normalized spacial score (nSPS) is 12.0. The van der Waals surface area contributed by atoms with Crippen LogP contribution in [0.3, 0.4) is 0 Å². The van der Waals surface area contributed by atoms with Crippen molar-refractivity contribution in [3.63, 3.8) is 0 Å². The summed E-state index contributed by atoms with van der Waals surface area (Å²) in [6.45, 7) is 1.03. The van der Waals surface area contributed by atoms with Crippen LogP contribution >= 0.6 is 11.6 Å². The minimum absolute atomic E-state index is 0.352. The quantitative estimate of drug-likeness (QED) is 0.572. The van der Waals surface area contributed by atoms with E-state index < -0.39 is 34.5 Å². The summed E-state index contributed by atoms with van der Waals surface area (Å²) < 4.78 is 62.5. The minimum Gasteiger partial charge on any atom is -0.294 e. The molecule has 0 atom stereocenters. The largest absolute Gasteiger partial charge is 0.416 e. The monoisotopic (exact) mass is 272 g/mol. The van der Waals surface area contributed by atoms with Gasteiger partial charge in [-0.3, -0.25) is 4.79 Å². The first-order valence-corrected chi connectivity index (χ1v) is 4.72. The highest BCUT2D eigenvalue weighted by Gasteiger charge is 2.37. The average Bonchev–Trinajstić information content (AvgIpc) is 2.14. The zero-order valence-corrected chi connectivity index (χ0v) is 9.16. The van der Waals surface area contributed by atoms with Gasteiger partial charge >= 0.3 is 6.18 Å². The zero-order valence-electron chi connectivity index (χ0n) is 8.41. The van der Waals surface area contributed by atoms with Crippen molar-refractivity contribution in [3.05, 3.63) is 33.8 Å². The molecule has 0 aromatic heterocycles. The summed E-state index contributed by atoms with van der Waals surface area (Å²) in [7, 11) is 0. The highest BCUT2D eigenvalue weighted by molar-refractivity contribution is 6.34. The number of carbonyl (C=O) groups excluding carboxylic acids is 1. The van der Waals surface area contributed by atoms with Gasteiger partial charge in [0.05, 0.1) is 10.6 Å². The molecule has 0 amide bonds. The molecule has 0 N–H and O–H groups in total. The van der Waals surface area contributed by atoms with Gasteiger partial charge in [-0.05, 0) is 19.1 Å². The summed E-state index contributed by atoms with van der Waals surface area (Å²) in [5.41, 5.74) is -3.23. The molecule has 0 unspecified atom stereocenters. The van der Waals surface area contributed by atoms with E-state index in [-0.39, 0.29) is 5.56 Å². The molecule has 0 spiro atoms. The number of rotatable bonds is 2. The molecule has 0 aliphatic heterocycles. The third kappa shape index (κ3) is 2.74. The van der Waals surface area contributed by atoms with Crippen molar-refractivity contribution in [1.29, 1.82) is 0 Å². The highest BCUT2D eigenvalue weighted by atomic mass is 35.5. The van der Waals surface area contributed by atoms with Gasteiger partial charge in [0.2, 0.25) is 0 Å². The lowest BCUT2D eigenvalue weighted by Gasteiger charge is -2.15. The van der Waals surface area contributed by atoms with Gasteiger partial charge in [-0.2, -0.15) is 13.2 Å². The van der Waals surface area contributed by atoms with E-state index in [9.17, 15) is 26.7 Å². The van der Waals surface area contributed by atoms with Crippen molar-refractivity contribution < 1.29 is 26.7 Å². The Morgan fingerprint density at radius 2 is 1.82 bits per heavy atom. The molecule has 0 aliphatic carbocycles. The Morgan fingerprint density at radius 3 is 2.18 bits per heavy atom. The van der Waals surface area contributed by atoms with Crippen LogP contribution in [0.25, 0.3) is 0 Å². The van der Waals surface area contributed by atoms with Crippen LogP contribution in [0, 0.1) is 0 Å². The Hall–Kier alpha value is -1.17. The molecule has 0 bridgehead atoms. The number of carbonyl (C=O) groups is 1. The number of hydrogen-bond donors (Lipinski definition) is 0. The van der Waals surface area contributed by atoms with E-state index in [0.29, 0.717) is 6.07 Å². The lowest BCUT2D eigenvalue weighted by molar-refractivity contribution is -0.139. The van der Waals surface area contributed by atoms with Gasteiger partial charge in [0, 0.05) is 11.1 Å². The van der Waals surface area contributed by atoms with Gasteiger partial charge in [0.15, 0.2) is 5.78 Å². The molecule has 0 heterocycles. The second-order valence-corrected chi connectivity index (χ2v) is 3.62. The molecule has 0 aliphatic rings. The summed E-state index contributed by atoms with van der Waals surface area (Å²) in [6.07, 6.45) is -8.34. The smallest absolute Gasteiger partial charge is 0.294 e. The van der Waals surface area contributed by atoms with Crippen LogP contribution in [0.5, 0.6) is 0 Å². The van der Waals surface area contributed by atoms with Gasteiger partial charge in [-0.1, -0.05) is 11.6 Å². The Kier molecular flexibility index (Phi) is 3.76. The fourth-order valence-electron chi connectivity index (χ4n) is 1.33. The third-order valence-electron chi connectivity index (χ3n) is 2.08. The maximum absolute atomic E-state index is 12.6. The fourth-order valence-corrected chi connectivity index (χ4v) is 1.71. The molecule has 1 aromatic carbocycles. The van der Waals surface area contributed by atoms with Crippen molar-refractivity contribution in [1.82, 2.24) is 0 Å². The third-order valence-corrected chi connectivity index (χ3v) is 2.49. The summed E-state index contributed by atoms with van der Waals surface area (Å²) in [5, 5.41) is -0.845. The molecule has 94 valence electrons. The van der Waals surface area contributed by atoms with Crippen LogP contribution in [0.1, 0.15) is 34.8 Å². The summed E-state index contributed by atoms with van der Waals surface area (Å²) in [4.78, 5) is 11.0. The Labute approximate surface area is 98.2 Å². The second kappa shape index (κ2) is 4.60. The molecule has 1 rings (SSSR count). The average molecular weight is 273 g/mol. The molecule has 0 radical (unpaired) electrons. The Balaban J connectivity index is 3.57. The van der Waals surface area contributed by atoms with Crippen molar-refractivity contribution >= 4 is 17.4 Å². The molecular weight excluding hydrogens is 267 g/mol. The molecule has 1 nitrogen and oxygen atoms in total. The molecule has 0 saturated carbocycles. The molecule has 0 saturated heterocycles. The van der Waals surface area contributed by atoms with Crippen molar-refractivity contribution in [3.8, 4) is 0 Å². The van der Waals surface area contributed by atoms with E-state index in [4.69, 9.17) is 11.6 Å². The maximum Gasteiger partial charge on any atom is 0.416 e. The first-order valence-electron chi connectivity index (χ1n) is 4.35. The van der Waals surface area contributed by atoms with Crippen LogP contribution in [0.2, 0.25) is 5.02 Å². The minimum atomic E-state index is -4.94. The fraction of sp³-hybridized carbons (Fsp3) is 0.300. The van der Waals surface area contributed by atoms with E-state index in [2.05, 4.69) is 0 Å². The van der Waals surface area contributed by atoms with E-state index in [0.717, 1.165) is 13.0 Å². The van der Waals surface area contributed by atoms with Crippen LogP contribution in [-0.2, 0) is 6.18 Å². The van der Waals surface area contributed by atoms with Gasteiger partial charge in [0.1, 0.15) is 0 Å². The lowest BCUT2D eigenvalue weighted by Crippen LogP contribution is -2.12. The zero-order chi connectivity index (χ0) is 13.4. The van der Waals surface area contributed by atoms with Gasteiger partial charge in [-0.25, -0.2) is 8.78 Å². The van der Waals surface area contributed by atoms with E-state index in [1.165, 1.54) is 0 Å². The number of benzene rings is 1. The Morgan fingerprint density at radius 1 is 1.29 bits per heavy atom. The first-order chi connectivity index (χ1) is 7.66. The van der Waals surface area contributed by atoms with E-state index >= 15 is 0 Å². The molecular formula is C10H6ClF5O. The highest BCUT2D eigenvalue weighted by Crippen LogP contribution is 2.41. The number of ketones is 1. The lowest BCUT2D eigenvalue weighted by atomic mass is 10.0. The molecule has 1 aromatic rings. The van der Waals surface area contributed by atoms with Crippen LogP contribution < -0.4 is 0 Å². The predicted molar refractivity (Wildman–Crippen MR) is 51.4 cm³/mol. The van der Waals surface area contributed by atoms with Gasteiger partial charge in [0.25, 0.3) is 6.43 Å². The SMILES string of the molecule is CC(=O)c1ccc(C(F)(F)F)c(C(F)F)c1Cl. The number of alkyl halides is 5. The number of Topliss-reactive ketones (excluding diaryl/α,β-unsaturated/α-hetero) is 1. The van der Waals surface area contributed by atoms with Gasteiger partial charge in [-0.15, -0.1) is 0 Å². The van der Waals surface area contributed by atoms with Crippen molar-refractivity contribution in [2.75, 3.05) is 0 Å². The molecule has 0 fully saturated rings. The van der Waals surface area contributed by atoms with E-state index in [1.54, 1.807) is 0 Å². The number of halogens is 6. The summed E-state index contributed by atoms with van der Waals surface area (Å²) >= 11 is 5.41. The van der Waals surface area contributed by atoms with Crippen molar-refractivity contribution in [2.45, 2.75) is 19.5 Å². The molecule has 17 heavy (non-hydrogen) atoms. The van der Waals surface area contributed by atoms with E-state index in [1.807, 2.05) is 0 Å². The topological polar surface area (TPSA) is 17.1 Å². The van der Waals surface area contributed by atoms with Crippen LogP contribution in [0.15, 0.2) is 12.1 Å². The standard InChI is InChI=1S/C10H6ClF5O/c1-4(17)5-2-3-6(10(14,15)16)7(8(5)11)9(12)13/h2-3,9H,1H3. The first kappa shape index (κ1) is 13.9. The number of hydrogen-bond acceptors (Lipinski definition) is 1. The predicted octanol–water partition coefficient (Wildman–Crippen LogP) is 4.50. The Bertz CT molecular complexity index is 453. The summed E-state index contributed by atoms with van der Waals surface area (Å²) in [6, 6.07) is 1.23. The van der Waals surface area contributed by atoms with Crippen molar-refractivity contribution in [2.24, 2.45) is 0 Å². The van der Waals surface area contributed by atoms with Crippen LogP contribution in [-0.4, -0.2) is 5.78 Å². The second-order valence-electron chi connectivity index (χ2n) is 3.24. The van der Waals surface area contributed by atoms with Gasteiger partial charge < -0.3 is 0 Å². The summed E-state index contributed by atoms with van der Waals surface area (Å²) in [5.74, 6) is -0.675. The van der Waals surface area contributed by atoms with Crippen LogP contribution in [0.4, 0.5) is 22.0 Å².